The Morgan fingerprint density at radius 3 is 2.14 bits per heavy atom. The summed E-state index contributed by atoms with van der Waals surface area (Å²) in [5.41, 5.74) is 3.65. The molecule has 0 spiro atoms. The fraction of sp³-hybridized carbons (Fsp3) is 0.154. The highest BCUT2D eigenvalue weighted by Crippen LogP contribution is 2.09. The summed E-state index contributed by atoms with van der Waals surface area (Å²) >= 11 is 0. The molecule has 0 saturated heterocycles. The van der Waals surface area contributed by atoms with Crippen molar-refractivity contribution in [1.29, 1.82) is 0 Å². The number of rotatable bonds is 7. The summed E-state index contributed by atoms with van der Waals surface area (Å²) in [6, 6.07) is 12.0. The van der Waals surface area contributed by atoms with Gasteiger partial charge in [-0.25, -0.2) is 10.5 Å². The van der Waals surface area contributed by atoms with Crippen LogP contribution in [0, 0.1) is 23.7 Å². The van der Waals surface area contributed by atoms with Crippen LogP contribution < -0.4 is 16.1 Å². The zero-order chi connectivity index (χ0) is 25.9. The summed E-state index contributed by atoms with van der Waals surface area (Å²) in [5, 5.41) is 23.5. The fourth-order valence-electron chi connectivity index (χ4n) is 2.99. The Morgan fingerprint density at radius 2 is 1.61 bits per heavy atom. The number of anilines is 1. The molecule has 10 heteroatoms. The molecule has 10 nitrogen and oxygen atoms in total. The average Bonchev–Trinajstić information content (AvgIpc) is 3.38. The van der Waals surface area contributed by atoms with Gasteiger partial charge >= 0.3 is 0 Å². The highest BCUT2D eigenvalue weighted by molar-refractivity contribution is 5.97. The van der Waals surface area contributed by atoms with Gasteiger partial charge < -0.3 is 20.3 Å². The molecule has 3 rings (SSSR count). The molecule has 5 N–H and O–H groups in total. The molecule has 1 heterocycles. The quantitative estimate of drug-likeness (QED) is 0.191. The lowest BCUT2D eigenvalue weighted by Crippen LogP contribution is -2.51. The van der Waals surface area contributed by atoms with Gasteiger partial charge in [0.05, 0.1) is 12.4 Å². The standard InChI is InChI=1S/C26H23N5O5/c1-18(32)24(26(35)30-36)29-25(34)21-10-6-19(7-11-21)4-2-3-5-20-8-12-22(13-9-20)28-23(33)16-31-15-14-27-17-31/h6-15,17-18,24,32,36H,16H2,1H3,(H,28,33)(H,29,34)(H,30,35)/t18-,24+/m1/s1. The minimum atomic E-state index is -1.30. The maximum Gasteiger partial charge on any atom is 0.268 e. The monoisotopic (exact) mass is 485 g/mol. The van der Waals surface area contributed by atoms with Crippen molar-refractivity contribution in [2.45, 2.75) is 25.6 Å². The number of nitrogens with one attached hydrogen (secondary N) is 3. The molecule has 2 aromatic carbocycles. The predicted molar refractivity (Wildman–Crippen MR) is 130 cm³/mol. The van der Waals surface area contributed by atoms with Crippen LogP contribution in [0.15, 0.2) is 67.3 Å². The molecule has 0 aliphatic rings. The van der Waals surface area contributed by atoms with Crippen LogP contribution in [-0.4, -0.2) is 49.7 Å². The number of carbonyl (C=O) groups excluding carboxylic acids is 3. The summed E-state index contributed by atoms with van der Waals surface area (Å²) in [7, 11) is 0. The molecule has 0 aliphatic carbocycles. The largest absolute Gasteiger partial charge is 0.391 e. The third-order valence-corrected chi connectivity index (χ3v) is 4.84. The van der Waals surface area contributed by atoms with E-state index in [2.05, 4.69) is 39.3 Å². The van der Waals surface area contributed by atoms with Crippen molar-refractivity contribution in [3.63, 3.8) is 0 Å². The summed E-state index contributed by atoms with van der Waals surface area (Å²) < 4.78 is 1.67. The van der Waals surface area contributed by atoms with E-state index in [0.29, 0.717) is 11.3 Å². The number of imidazole rings is 1. The second kappa shape index (κ2) is 12.5. The molecule has 3 amide bonds. The Bertz CT molecular complexity index is 1330. The van der Waals surface area contributed by atoms with Crippen molar-refractivity contribution < 1.29 is 24.7 Å². The lowest BCUT2D eigenvalue weighted by Gasteiger charge is -2.19. The number of hydrogen-bond donors (Lipinski definition) is 5. The highest BCUT2D eigenvalue weighted by atomic mass is 16.5. The topological polar surface area (TPSA) is 146 Å². The normalized spacial score (nSPS) is 11.5. The van der Waals surface area contributed by atoms with E-state index in [1.807, 2.05) is 0 Å². The van der Waals surface area contributed by atoms with Gasteiger partial charge in [0.25, 0.3) is 11.8 Å². The molecular formula is C26H23N5O5. The van der Waals surface area contributed by atoms with Crippen LogP contribution in [0.4, 0.5) is 5.69 Å². The average molecular weight is 486 g/mol. The van der Waals surface area contributed by atoms with E-state index in [-0.39, 0.29) is 18.0 Å². The predicted octanol–water partition coefficient (Wildman–Crippen LogP) is 0.910. The van der Waals surface area contributed by atoms with E-state index >= 15 is 0 Å². The first-order valence-corrected chi connectivity index (χ1v) is 10.8. The van der Waals surface area contributed by atoms with Gasteiger partial charge in [-0.1, -0.05) is 11.8 Å². The molecule has 0 bridgehead atoms. The van der Waals surface area contributed by atoms with Crippen molar-refractivity contribution in [3.05, 3.63) is 83.9 Å². The molecule has 3 aromatic rings. The van der Waals surface area contributed by atoms with Crippen LogP contribution in [-0.2, 0) is 16.1 Å². The van der Waals surface area contributed by atoms with Crippen LogP contribution in [0.2, 0.25) is 0 Å². The number of carbonyl (C=O) groups is 3. The van der Waals surface area contributed by atoms with Crippen LogP contribution >= 0.6 is 0 Å². The van der Waals surface area contributed by atoms with Gasteiger partial charge in [-0.3, -0.25) is 19.6 Å². The van der Waals surface area contributed by atoms with Gasteiger partial charge in [0.1, 0.15) is 12.6 Å². The number of aromatic nitrogens is 2. The van der Waals surface area contributed by atoms with E-state index in [0.717, 1.165) is 5.56 Å². The Balaban J connectivity index is 1.54. The molecule has 0 unspecified atom stereocenters. The smallest absolute Gasteiger partial charge is 0.268 e. The number of hydroxylamine groups is 1. The maximum atomic E-state index is 12.3. The molecule has 0 aliphatic heterocycles. The molecule has 0 saturated carbocycles. The summed E-state index contributed by atoms with van der Waals surface area (Å²) in [5.74, 6) is 9.59. The molecule has 2 atom stereocenters. The minimum Gasteiger partial charge on any atom is -0.391 e. The first-order valence-electron chi connectivity index (χ1n) is 10.8. The van der Waals surface area contributed by atoms with E-state index in [9.17, 15) is 19.5 Å². The Labute approximate surface area is 207 Å². The van der Waals surface area contributed by atoms with E-state index in [4.69, 9.17) is 5.21 Å². The second-order valence-corrected chi connectivity index (χ2v) is 7.61. The Morgan fingerprint density at radius 1 is 1.00 bits per heavy atom. The number of aliphatic hydroxyl groups excluding tert-OH is 1. The molecule has 36 heavy (non-hydrogen) atoms. The zero-order valence-electron chi connectivity index (χ0n) is 19.2. The van der Waals surface area contributed by atoms with Crippen molar-refractivity contribution in [3.8, 4) is 23.7 Å². The van der Waals surface area contributed by atoms with Gasteiger partial charge in [0, 0.05) is 34.8 Å². The fourth-order valence-corrected chi connectivity index (χ4v) is 2.99. The number of nitrogens with zero attached hydrogens (tertiary/aromatic N) is 2. The number of hydrogen-bond acceptors (Lipinski definition) is 6. The number of amides is 3. The third kappa shape index (κ3) is 7.57. The van der Waals surface area contributed by atoms with E-state index in [1.165, 1.54) is 24.5 Å². The van der Waals surface area contributed by atoms with Crippen LogP contribution in [0.25, 0.3) is 0 Å². The second-order valence-electron chi connectivity index (χ2n) is 7.61. The van der Waals surface area contributed by atoms with Crippen LogP contribution in [0.1, 0.15) is 28.4 Å². The van der Waals surface area contributed by atoms with Crippen molar-refractivity contribution in [1.82, 2.24) is 20.3 Å². The van der Waals surface area contributed by atoms with Gasteiger partial charge in [0.2, 0.25) is 5.91 Å². The third-order valence-electron chi connectivity index (χ3n) is 4.84. The van der Waals surface area contributed by atoms with Crippen molar-refractivity contribution >= 4 is 23.4 Å². The summed E-state index contributed by atoms with van der Waals surface area (Å²) in [6.45, 7) is 1.49. The molecule has 182 valence electrons. The highest BCUT2D eigenvalue weighted by Gasteiger charge is 2.25. The lowest BCUT2D eigenvalue weighted by atomic mass is 10.1. The first kappa shape index (κ1) is 25.7. The van der Waals surface area contributed by atoms with Crippen molar-refractivity contribution in [2.24, 2.45) is 0 Å². The maximum absolute atomic E-state index is 12.3. The summed E-state index contributed by atoms with van der Waals surface area (Å²) in [6.07, 6.45) is 3.68. The van der Waals surface area contributed by atoms with Gasteiger partial charge in [-0.15, -0.1) is 0 Å². The number of aliphatic hydroxyl groups is 1. The van der Waals surface area contributed by atoms with E-state index < -0.39 is 24.0 Å². The van der Waals surface area contributed by atoms with Crippen LogP contribution in [0.5, 0.6) is 0 Å². The van der Waals surface area contributed by atoms with Gasteiger partial charge in [-0.2, -0.15) is 0 Å². The molecule has 1 aromatic heterocycles. The van der Waals surface area contributed by atoms with Gasteiger partial charge in [-0.05, 0) is 67.3 Å². The zero-order valence-corrected chi connectivity index (χ0v) is 19.2. The minimum absolute atomic E-state index is 0.167. The van der Waals surface area contributed by atoms with Crippen molar-refractivity contribution in [2.75, 3.05) is 5.32 Å². The lowest BCUT2D eigenvalue weighted by molar-refractivity contribution is -0.133. The number of benzene rings is 2. The molecule has 0 radical (unpaired) electrons. The molecular weight excluding hydrogens is 462 g/mol. The van der Waals surface area contributed by atoms with Gasteiger partial charge in [0.15, 0.2) is 0 Å². The first-order chi connectivity index (χ1) is 17.4. The molecule has 0 fully saturated rings. The summed E-state index contributed by atoms with van der Waals surface area (Å²) in [4.78, 5) is 39.8. The van der Waals surface area contributed by atoms with Crippen LogP contribution in [0.3, 0.4) is 0 Å². The van der Waals surface area contributed by atoms with E-state index in [1.54, 1.807) is 59.7 Å². The SMILES string of the molecule is C[C@@H](O)[C@H](NC(=O)c1ccc(C#CC#Cc2ccc(NC(=O)Cn3ccnc3)cc2)cc1)C(=O)NO. The Hall–Kier alpha value is -4.90. The Kier molecular flexibility index (Phi) is 8.95.